The molecule has 1 aromatic heterocycles. The van der Waals surface area contributed by atoms with Crippen molar-refractivity contribution in [2.24, 2.45) is 23.2 Å². The summed E-state index contributed by atoms with van der Waals surface area (Å²) in [5.41, 5.74) is 1.49. The molecule has 0 aromatic carbocycles. The summed E-state index contributed by atoms with van der Waals surface area (Å²) < 4.78 is 0. The van der Waals surface area contributed by atoms with Crippen LogP contribution in [0, 0.1) is 23.2 Å². The summed E-state index contributed by atoms with van der Waals surface area (Å²) >= 11 is 1.31. The lowest BCUT2D eigenvalue weighted by Crippen LogP contribution is -2.49. The molecular formula is C19H26N2O3S. The summed E-state index contributed by atoms with van der Waals surface area (Å²) in [4.78, 5) is 26.1. The van der Waals surface area contributed by atoms with Crippen LogP contribution in [0.4, 0.5) is 0 Å². The number of hydroxylamine groups is 1. The van der Waals surface area contributed by atoms with Crippen molar-refractivity contribution < 1.29 is 14.8 Å². The van der Waals surface area contributed by atoms with Crippen LogP contribution in [-0.2, 0) is 4.79 Å². The standard InChI is InChI=1S/C19H26N2O3S/c1-11(15-4-5-16(25-15)17(22)21-24)20-18(23)19-8-12-2-3-13(9-19)7-14(6-12)10-19/h4-5,11-14,24H,2-3,6-10H2,1H3,(H,20,23)(H,21,22). The number of carbonyl (C=O) groups is 2. The first-order valence-electron chi connectivity index (χ1n) is 9.34. The van der Waals surface area contributed by atoms with E-state index in [1.54, 1.807) is 11.5 Å². The molecule has 2 amide bonds. The van der Waals surface area contributed by atoms with Crippen LogP contribution < -0.4 is 10.8 Å². The van der Waals surface area contributed by atoms with Gasteiger partial charge < -0.3 is 5.32 Å². The van der Waals surface area contributed by atoms with Crippen molar-refractivity contribution in [2.45, 2.75) is 57.9 Å². The van der Waals surface area contributed by atoms with Gasteiger partial charge in [-0.2, -0.15) is 0 Å². The third-order valence-electron chi connectivity index (χ3n) is 6.56. The first-order chi connectivity index (χ1) is 12.0. The SMILES string of the molecule is CC(NC(=O)C12CC3CCC(CC(C3)C1)C2)c1ccc(C(=O)NO)s1. The topological polar surface area (TPSA) is 78.4 Å². The van der Waals surface area contributed by atoms with Gasteiger partial charge in [0.25, 0.3) is 5.91 Å². The fourth-order valence-electron chi connectivity index (χ4n) is 5.65. The van der Waals surface area contributed by atoms with Gasteiger partial charge in [0.2, 0.25) is 5.91 Å². The fourth-order valence-corrected chi connectivity index (χ4v) is 6.55. The number of amides is 2. The molecule has 1 aromatic rings. The number of thiophene rings is 1. The van der Waals surface area contributed by atoms with Gasteiger partial charge in [-0.25, -0.2) is 5.48 Å². The van der Waals surface area contributed by atoms with Gasteiger partial charge in [0.05, 0.1) is 10.9 Å². The summed E-state index contributed by atoms with van der Waals surface area (Å²) in [5, 5.41) is 12.0. The van der Waals surface area contributed by atoms with Crippen molar-refractivity contribution in [1.29, 1.82) is 0 Å². The molecule has 5 nitrogen and oxygen atoms in total. The van der Waals surface area contributed by atoms with Crippen molar-refractivity contribution in [3.05, 3.63) is 21.9 Å². The smallest absolute Gasteiger partial charge is 0.284 e. The van der Waals surface area contributed by atoms with E-state index in [2.05, 4.69) is 5.32 Å². The molecule has 136 valence electrons. The lowest BCUT2D eigenvalue weighted by Gasteiger charge is -2.47. The summed E-state index contributed by atoms with van der Waals surface area (Å²) in [6.07, 6.45) is 8.42. The maximum atomic E-state index is 13.2. The molecule has 3 N–H and O–H groups in total. The first kappa shape index (κ1) is 17.0. The summed E-state index contributed by atoms with van der Waals surface area (Å²) in [7, 11) is 0. The summed E-state index contributed by atoms with van der Waals surface area (Å²) in [6.45, 7) is 1.97. The lowest BCUT2D eigenvalue weighted by atomic mass is 9.58. The molecule has 4 fully saturated rings. The predicted molar refractivity (Wildman–Crippen MR) is 95.4 cm³/mol. The highest BCUT2D eigenvalue weighted by molar-refractivity contribution is 7.14. The molecule has 1 heterocycles. The number of carbonyl (C=O) groups excluding carboxylic acids is 2. The minimum atomic E-state index is -0.507. The van der Waals surface area contributed by atoms with Gasteiger partial charge in [0, 0.05) is 10.3 Å². The number of fused-ring (bicyclic) bond motifs is 1. The van der Waals surface area contributed by atoms with Crippen LogP contribution in [-0.4, -0.2) is 17.0 Å². The zero-order chi connectivity index (χ0) is 17.6. The van der Waals surface area contributed by atoms with E-state index in [0.29, 0.717) is 4.88 Å². The molecule has 4 aliphatic rings. The van der Waals surface area contributed by atoms with Crippen molar-refractivity contribution in [1.82, 2.24) is 10.8 Å². The molecule has 3 unspecified atom stereocenters. The van der Waals surface area contributed by atoms with E-state index in [1.807, 2.05) is 13.0 Å². The van der Waals surface area contributed by atoms with Crippen LogP contribution in [0.15, 0.2) is 12.1 Å². The maximum Gasteiger partial charge on any atom is 0.284 e. The second-order valence-electron chi connectivity index (χ2n) is 8.38. The number of nitrogens with one attached hydrogen (secondary N) is 2. The van der Waals surface area contributed by atoms with E-state index in [-0.39, 0.29) is 17.4 Å². The van der Waals surface area contributed by atoms with E-state index >= 15 is 0 Å². The Balaban J connectivity index is 1.48. The van der Waals surface area contributed by atoms with Crippen molar-refractivity contribution in [2.75, 3.05) is 0 Å². The average Bonchev–Trinajstić information content (AvgIpc) is 2.99. The average molecular weight is 362 g/mol. The third kappa shape index (κ3) is 3.10. The van der Waals surface area contributed by atoms with E-state index in [0.717, 1.165) is 41.9 Å². The van der Waals surface area contributed by atoms with Crippen molar-refractivity contribution >= 4 is 23.2 Å². The van der Waals surface area contributed by atoms with Gasteiger partial charge in [-0.05, 0) is 68.9 Å². The van der Waals surface area contributed by atoms with Crippen LogP contribution in [0.5, 0.6) is 0 Å². The Hall–Kier alpha value is -1.40. The molecule has 0 spiro atoms. The Labute approximate surface area is 152 Å². The maximum absolute atomic E-state index is 13.2. The van der Waals surface area contributed by atoms with E-state index in [4.69, 9.17) is 5.21 Å². The highest BCUT2D eigenvalue weighted by atomic mass is 32.1. The first-order valence-corrected chi connectivity index (χ1v) is 10.2. The molecular weight excluding hydrogens is 336 g/mol. The molecule has 25 heavy (non-hydrogen) atoms. The third-order valence-corrected chi connectivity index (χ3v) is 7.83. The molecule has 6 heteroatoms. The van der Waals surface area contributed by atoms with Gasteiger partial charge in [-0.3, -0.25) is 14.8 Å². The quantitative estimate of drug-likeness (QED) is 0.565. The highest BCUT2D eigenvalue weighted by Gasteiger charge is 2.52. The Bertz CT molecular complexity index is 670. The molecule has 4 aliphatic carbocycles. The van der Waals surface area contributed by atoms with Gasteiger partial charge in [0.1, 0.15) is 0 Å². The highest BCUT2D eigenvalue weighted by Crippen LogP contribution is 2.57. The van der Waals surface area contributed by atoms with Crippen LogP contribution in [0.25, 0.3) is 0 Å². The zero-order valence-corrected chi connectivity index (χ0v) is 15.4. The minimum absolute atomic E-state index is 0.118. The van der Waals surface area contributed by atoms with Crippen molar-refractivity contribution in [3.63, 3.8) is 0 Å². The molecule has 0 aliphatic heterocycles. The lowest BCUT2D eigenvalue weighted by molar-refractivity contribution is -0.139. The normalized spacial score (nSPS) is 34.4. The Kier molecular flexibility index (Phi) is 4.36. The summed E-state index contributed by atoms with van der Waals surface area (Å²) in [6, 6.07) is 3.42. The van der Waals surface area contributed by atoms with Gasteiger partial charge in [0.15, 0.2) is 0 Å². The number of hydrogen-bond acceptors (Lipinski definition) is 4. The second kappa shape index (κ2) is 6.40. The van der Waals surface area contributed by atoms with Crippen molar-refractivity contribution in [3.8, 4) is 0 Å². The molecule has 4 bridgehead atoms. The Morgan fingerprint density at radius 3 is 2.44 bits per heavy atom. The molecule has 3 atom stereocenters. The van der Waals surface area contributed by atoms with Gasteiger partial charge >= 0.3 is 0 Å². The molecule has 0 saturated heterocycles. The zero-order valence-electron chi connectivity index (χ0n) is 14.6. The van der Waals surface area contributed by atoms with Gasteiger partial charge in [-0.15, -0.1) is 11.3 Å². The van der Waals surface area contributed by atoms with E-state index < -0.39 is 5.91 Å². The van der Waals surface area contributed by atoms with E-state index in [1.165, 1.54) is 37.0 Å². The van der Waals surface area contributed by atoms with Crippen LogP contribution >= 0.6 is 11.3 Å². The molecule has 0 radical (unpaired) electrons. The Morgan fingerprint density at radius 1 is 1.16 bits per heavy atom. The van der Waals surface area contributed by atoms with Gasteiger partial charge in [-0.1, -0.05) is 12.8 Å². The fraction of sp³-hybridized carbons (Fsp3) is 0.684. The summed E-state index contributed by atoms with van der Waals surface area (Å²) in [5.74, 6) is 1.90. The number of hydrogen-bond donors (Lipinski definition) is 3. The number of rotatable bonds is 4. The Morgan fingerprint density at radius 2 is 1.80 bits per heavy atom. The monoisotopic (exact) mass is 362 g/mol. The van der Waals surface area contributed by atoms with Crippen LogP contribution in [0.1, 0.15) is 72.5 Å². The van der Waals surface area contributed by atoms with Crippen LogP contribution in [0.3, 0.4) is 0 Å². The predicted octanol–water partition coefficient (Wildman–Crippen LogP) is 3.65. The second-order valence-corrected chi connectivity index (χ2v) is 9.49. The minimum Gasteiger partial charge on any atom is -0.348 e. The van der Waals surface area contributed by atoms with E-state index in [9.17, 15) is 9.59 Å². The molecule has 4 saturated carbocycles. The molecule has 5 rings (SSSR count). The van der Waals surface area contributed by atoms with Crippen LogP contribution in [0.2, 0.25) is 0 Å². The largest absolute Gasteiger partial charge is 0.348 e.